The molecule has 6 heteroatoms. The first-order valence-corrected chi connectivity index (χ1v) is 5.97. The number of hydrogen-bond donors (Lipinski definition) is 3. The topological polar surface area (TPSA) is 97.3 Å². The summed E-state index contributed by atoms with van der Waals surface area (Å²) in [6, 6.07) is 6.49. The molecule has 1 aromatic heterocycles. The number of hydrogen-bond acceptors (Lipinski definition) is 3. The predicted molar refractivity (Wildman–Crippen MR) is 69.2 cm³/mol. The molecule has 2 heterocycles. The Morgan fingerprint density at radius 3 is 2.95 bits per heavy atom. The number of carbonyl (C=O) groups is 2. The second kappa shape index (κ2) is 4.10. The molecule has 0 saturated carbocycles. The van der Waals surface area contributed by atoms with Crippen LogP contribution >= 0.6 is 0 Å². The maximum atomic E-state index is 11.9. The molecule has 0 saturated heterocycles. The number of fused-ring (bicyclic) bond motifs is 3. The highest BCUT2D eigenvalue weighted by Gasteiger charge is 2.25. The van der Waals surface area contributed by atoms with Crippen LogP contribution in [-0.2, 0) is 6.54 Å². The van der Waals surface area contributed by atoms with Gasteiger partial charge in [0.1, 0.15) is 5.69 Å². The van der Waals surface area contributed by atoms with Crippen LogP contribution in [0, 0.1) is 0 Å². The van der Waals surface area contributed by atoms with Crippen molar-refractivity contribution in [2.45, 2.75) is 12.6 Å². The largest absolute Gasteiger partial charge is 0.478 e. The van der Waals surface area contributed by atoms with Gasteiger partial charge in [0.05, 0.1) is 11.6 Å². The van der Waals surface area contributed by atoms with Gasteiger partial charge in [-0.2, -0.15) is 0 Å². The summed E-state index contributed by atoms with van der Waals surface area (Å²) in [7, 11) is 0. The van der Waals surface area contributed by atoms with Crippen molar-refractivity contribution in [3.8, 4) is 0 Å². The van der Waals surface area contributed by atoms with Crippen molar-refractivity contribution in [2.24, 2.45) is 5.73 Å². The summed E-state index contributed by atoms with van der Waals surface area (Å²) in [5.74, 6) is -1.15. The molecule has 4 N–H and O–H groups in total. The van der Waals surface area contributed by atoms with E-state index in [1.807, 2.05) is 4.57 Å². The lowest BCUT2D eigenvalue weighted by Crippen LogP contribution is -2.47. The highest BCUT2D eigenvalue weighted by molar-refractivity contribution is 6.01. The van der Waals surface area contributed by atoms with Crippen molar-refractivity contribution in [1.29, 1.82) is 0 Å². The number of nitrogens with one attached hydrogen (secondary N) is 1. The number of nitrogens with zero attached hydrogens (tertiary/aromatic N) is 1. The fourth-order valence-corrected chi connectivity index (χ4v) is 2.43. The zero-order chi connectivity index (χ0) is 13.6. The number of aromatic nitrogens is 1. The van der Waals surface area contributed by atoms with Crippen LogP contribution in [0.25, 0.3) is 10.9 Å². The number of carbonyl (C=O) groups excluding carboxylic acids is 1. The number of nitrogens with two attached hydrogens (primary N) is 1. The monoisotopic (exact) mass is 259 g/mol. The van der Waals surface area contributed by atoms with Crippen LogP contribution in [-0.4, -0.2) is 34.1 Å². The standard InChI is InChI=1S/C13H13N3O3/c14-5-9-6-16-10-4-8(13(18)19)2-1-7(10)3-11(16)12(17)15-9/h1-4,9H,5-6,14H2,(H,15,17)(H,18,19). The lowest BCUT2D eigenvalue weighted by Gasteiger charge is -2.25. The van der Waals surface area contributed by atoms with E-state index in [1.165, 1.54) is 6.07 Å². The minimum absolute atomic E-state index is 0.121. The van der Waals surface area contributed by atoms with Crippen molar-refractivity contribution in [2.75, 3.05) is 6.54 Å². The molecule has 3 rings (SSSR count). The van der Waals surface area contributed by atoms with Crippen molar-refractivity contribution in [3.63, 3.8) is 0 Å². The van der Waals surface area contributed by atoms with Gasteiger partial charge >= 0.3 is 5.97 Å². The molecule has 1 aromatic carbocycles. The highest BCUT2D eigenvalue weighted by atomic mass is 16.4. The molecule has 1 unspecified atom stereocenters. The van der Waals surface area contributed by atoms with Gasteiger partial charge in [-0.25, -0.2) is 4.79 Å². The molecule has 98 valence electrons. The summed E-state index contributed by atoms with van der Waals surface area (Å²) < 4.78 is 1.83. The second-order valence-corrected chi connectivity index (χ2v) is 4.63. The summed E-state index contributed by atoms with van der Waals surface area (Å²) >= 11 is 0. The Morgan fingerprint density at radius 2 is 2.26 bits per heavy atom. The first kappa shape index (κ1) is 11.7. The number of aromatic carboxylic acids is 1. The molecule has 1 aliphatic rings. The lowest BCUT2D eigenvalue weighted by atomic mass is 10.1. The Bertz CT molecular complexity index is 690. The van der Waals surface area contributed by atoms with Crippen molar-refractivity contribution in [1.82, 2.24) is 9.88 Å². The molecule has 6 nitrogen and oxygen atoms in total. The van der Waals surface area contributed by atoms with Crippen LogP contribution in [0.5, 0.6) is 0 Å². The summed E-state index contributed by atoms with van der Waals surface area (Å²) in [4.78, 5) is 23.0. The number of carboxylic acid groups (broad SMARTS) is 1. The zero-order valence-corrected chi connectivity index (χ0v) is 10.1. The van der Waals surface area contributed by atoms with Crippen molar-refractivity contribution >= 4 is 22.8 Å². The predicted octanol–water partition coefficient (Wildman–Crippen LogP) is 0.410. The van der Waals surface area contributed by atoms with E-state index in [9.17, 15) is 9.59 Å². The SMILES string of the molecule is NCC1Cn2c(cc3ccc(C(=O)O)cc32)C(=O)N1. The number of amides is 1. The highest BCUT2D eigenvalue weighted by Crippen LogP contribution is 2.24. The summed E-state index contributed by atoms with van der Waals surface area (Å²) in [6.45, 7) is 0.910. The summed E-state index contributed by atoms with van der Waals surface area (Å²) in [6.07, 6.45) is 0. The second-order valence-electron chi connectivity index (χ2n) is 4.63. The van der Waals surface area contributed by atoms with E-state index in [0.717, 1.165) is 10.9 Å². The summed E-state index contributed by atoms with van der Waals surface area (Å²) in [5.41, 5.74) is 7.10. The molecule has 1 atom stereocenters. The Kier molecular flexibility index (Phi) is 2.53. The zero-order valence-electron chi connectivity index (χ0n) is 10.1. The Hall–Kier alpha value is -2.34. The normalized spacial score (nSPS) is 18.2. The molecule has 19 heavy (non-hydrogen) atoms. The van der Waals surface area contributed by atoms with Crippen molar-refractivity contribution < 1.29 is 14.7 Å². The van der Waals surface area contributed by atoms with Crippen LogP contribution in [0.4, 0.5) is 0 Å². The third-order valence-corrected chi connectivity index (χ3v) is 3.41. The maximum absolute atomic E-state index is 11.9. The van der Waals surface area contributed by atoms with Crippen LogP contribution in [0.15, 0.2) is 24.3 Å². The van der Waals surface area contributed by atoms with Crippen LogP contribution < -0.4 is 11.1 Å². The number of benzene rings is 1. The van der Waals surface area contributed by atoms with Crippen LogP contribution in [0.1, 0.15) is 20.8 Å². The van der Waals surface area contributed by atoms with E-state index >= 15 is 0 Å². The molecule has 2 aromatic rings. The molecule has 0 aliphatic carbocycles. The van der Waals surface area contributed by atoms with Gasteiger partial charge < -0.3 is 20.7 Å². The fraction of sp³-hybridized carbons (Fsp3) is 0.231. The maximum Gasteiger partial charge on any atom is 0.335 e. The van der Waals surface area contributed by atoms with Gasteiger partial charge in [0, 0.05) is 24.0 Å². The minimum Gasteiger partial charge on any atom is -0.478 e. The smallest absolute Gasteiger partial charge is 0.335 e. The molecule has 0 fully saturated rings. The van der Waals surface area contributed by atoms with Gasteiger partial charge in [0.2, 0.25) is 0 Å². The van der Waals surface area contributed by atoms with Gasteiger partial charge in [-0.1, -0.05) is 6.07 Å². The van der Waals surface area contributed by atoms with Gasteiger partial charge in [0.15, 0.2) is 0 Å². The average Bonchev–Trinajstić information content (AvgIpc) is 2.77. The van der Waals surface area contributed by atoms with Crippen LogP contribution in [0.2, 0.25) is 0 Å². The molecular weight excluding hydrogens is 246 g/mol. The fourth-order valence-electron chi connectivity index (χ4n) is 2.43. The third kappa shape index (κ3) is 1.77. The van der Waals surface area contributed by atoms with E-state index in [0.29, 0.717) is 18.8 Å². The first-order chi connectivity index (χ1) is 9.10. The molecule has 1 aliphatic heterocycles. The lowest BCUT2D eigenvalue weighted by molar-refractivity contribution is 0.0696. The Labute approximate surface area is 108 Å². The Balaban J connectivity index is 2.20. The summed E-state index contributed by atoms with van der Waals surface area (Å²) in [5, 5.41) is 12.7. The molecule has 0 spiro atoms. The molecule has 0 radical (unpaired) electrons. The van der Waals surface area contributed by atoms with E-state index in [2.05, 4.69) is 5.32 Å². The van der Waals surface area contributed by atoms with Gasteiger partial charge in [0.25, 0.3) is 5.91 Å². The van der Waals surface area contributed by atoms with E-state index in [-0.39, 0.29) is 17.5 Å². The average molecular weight is 259 g/mol. The third-order valence-electron chi connectivity index (χ3n) is 3.41. The number of carboxylic acids is 1. The van der Waals surface area contributed by atoms with Gasteiger partial charge in [-0.15, -0.1) is 0 Å². The van der Waals surface area contributed by atoms with Gasteiger partial charge in [-0.05, 0) is 18.2 Å². The molecule has 1 amide bonds. The molecular formula is C13H13N3O3. The van der Waals surface area contributed by atoms with Crippen LogP contribution in [0.3, 0.4) is 0 Å². The van der Waals surface area contributed by atoms with E-state index in [1.54, 1.807) is 18.2 Å². The van der Waals surface area contributed by atoms with Gasteiger partial charge in [-0.3, -0.25) is 4.79 Å². The minimum atomic E-state index is -0.979. The quantitative estimate of drug-likeness (QED) is 0.727. The Morgan fingerprint density at radius 1 is 1.47 bits per heavy atom. The van der Waals surface area contributed by atoms with E-state index < -0.39 is 5.97 Å². The van der Waals surface area contributed by atoms with Crippen molar-refractivity contribution in [3.05, 3.63) is 35.5 Å². The molecule has 0 bridgehead atoms. The first-order valence-electron chi connectivity index (χ1n) is 5.97. The van der Waals surface area contributed by atoms with E-state index in [4.69, 9.17) is 10.8 Å². The number of rotatable bonds is 2.